The maximum absolute atomic E-state index is 12.0. The van der Waals surface area contributed by atoms with E-state index in [-0.39, 0.29) is 17.7 Å². The van der Waals surface area contributed by atoms with E-state index in [2.05, 4.69) is 5.32 Å². The first kappa shape index (κ1) is 17.5. The number of nitrogens with zero attached hydrogens (tertiary/aromatic N) is 1. The number of benzene rings is 1. The van der Waals surface area contributed by atoms with Crippen molar-refractivity contribution in [3.05, 3.63) is 29.8 Å². The predicted octanol–water partition coefficient (Wildman–Crippen LogP) is 2.39. The smallest absolute Gasteiger partial charge is 0.251 e. The third kappa shape index (κ3) is 4.46. The number of sulfonamides is 1. The fourth-order valence-electron chi connectivity index (χ4n) is 1.88. The average Bonchev–Trinajstić information content (AvgIpc) is 2.48. The van der Waals surface area contributed by atoms with Gasteiger partial charge in [-0.25, -0.2) is 8.42 Å². The molecule has 6 heteroatoms. The van der Waals surface area contributed by atoms with Gasteiger partial charge in [0.2, 0.25) is 10.0 Å². The van der Waals surface area contributed by atoms with Crippen molar-refractivity contribution in [3.8, 4) is 0 Å². The second kappa shape index (κ2) is 7.45. The maximum Gasteiger partial charge on any atom is 0.251 e. The van der Waals surface area contributed by atoms with Crippen LogP contribution in [0.25, 0.3) is 0 Å². The number of anilines is 1. The van der Waals surface area contributed by atoms with Gasteiger partial charge in [-0.1, -0.05) is 6.92 Å². The summed E-state index contributed by atoms with van der Waals surface area (Å²) in [5.74, 6) is -0.0887. The Morgan fingerprint density at radius 1 is 1.19 bits per heavy atom. The first-order valence-corrected chi connectivity index (χ1v) is 8.87. The largest absolute Gasteiger partial charge is 0.350 e. The van der Waals surface area contributed by atoms with Gasteiger partial charge in [0.1, 0.15) is 0 Å². The fraction of sp³-hybridized carbons (Fsp3) is 0.533. The lowest BCUT2D eigenvalue weighted by Crippen LogP contribution is -2.33. The van der Waals surface area contributed by atoms with E-state index in [1.807, 2.05) is 13.8 Å². The summed E-state index contributed by atoms with van der Waals surface area (Å²) in [6.07, 6.45) is 0.863. The van der Waals surface area contributed by atoms with Gasteiger partial charge in [0.05, 0.1) is 11.4 Å². The van der Waals surface area contributed by atoms with Crippen molar-refractivity contribution in [1.82, 2.24) is 5.32 Å². The highest BCUT2D eigenvalue weighted by Gasteiger charge is 2.19. The van der Waals surface area contributed by atoms with Gasteiger partial charge in [0.15, 0.2) is 0 Å². The lowest BCUT2D eigenvalue weighted by molar-refractivity contribution is 0.0939. The number of amides is 1. The highest BCUT2D eigenvalue weighted by Crippen LogP contribution is 2.19. The molecule has 1 atom stereocenters. The Labute approximate surface area is 127 Å². The molecular weight excluding hydrogens is 288 g/mol. The number of rotatable bonds is 7. The van der Waals surface area contributed by atoms with Crippen LogP contribution in [0.5, 0.6) is 0 Å². The van der Waals surface area contributed by atoms with Gasteiger partial charge in [-0.05, 0) is 51.5 Å². The summed E-state index contributed by atoms with van der Waals surface area (Å²) >= 11 is 0. The summed E-state index contributed by atoms with van der Waals surface area (Å²) in [6.45, 7) is 7.72. The molecule has 0 aliphatic rings. The second-order valence-corrected chi connectivity index (χ2v) is 7.08. The van der Waals surface area contributed by atoms with Crippen LogP contribution in [0, 0.1) is 0 Å². The first-order chi connectivity index (χ1) is 9.85. The standard InChI is InChI=1S/C15H24N2O3S/c1-5-12(4)16-15(18)13-8-10-14(11-9-13)17(6-2)21(19,20)7-3/h8-12H,5-7H2,1-4H3,(H,16,18)/t12-/m0/s1. The summed E-state index contributed by atoms with van der Waals surface area (Å²) in [7, 11) is -3.29. The van der Waals surface area contributed by atoms with Crippen LogP contribution in [0.2, 0.25) is 0 Å². The average molecular weight is 312 g/mol. The summed E-state index contributed by atoms with van der Waals surface area (Å²) in [5.41, 5.74) is 1.11. The Balaban J connectivity index is 2.94. The monoisotopic (exact) mass is 312 g/mol. The van der Waals surface area contributed by atoms with Crippen LogP contribution in [0.15, 0.2) is 24.3 Å². The Kier molecular flexibility index (Phi) is 6.20. The van der Waals surface area contributed by atoms with Crippen molar-refractivity contribution >= 4 is 21.6 Å². The SMILES string of the molecule is CC[C@H](C)NC(=O)c1ccc(N(CC)S(=O)(=O)CC)cc1. The Hall–Kier alpha value is -1.56. The van der Waals surface area contributed by atoms with Gasteiger partial charge in [-0.3, -0.25) is 9.10 Å². The summed E-state index contributed by atoms with van der Waals surface area (Å²) in [6, 6.07) is 6.76. The van der Waals surface area contributed by atoms with Crippen LogP contribution in [-0.4, -0.2) is 32.7 Å². The van der Waals surface area contributed by atoms with Gasteiger partial charge in [0, 0.05) is 18.2 Å². The molecule has 0 saturated heterocycles. The summed E-state index contributed by atoms with van der Waals surface area (Å²) in [5, 5.41) is 2.88. The number of carbonyl (C=O) groups excluding carboxylic acids is 1. The van der Waals surface area contributed by atoms with Crippen LogP contribution in [0.4, 0.5) is 5.69 Å². The lowest BCUT2D eigenvalue weighted by atomic mass is 10.1. The predicted molar refractivity (Wildman–Crippen MR) is 86.1 cm³/mol. The molecule has 1 N–H and O–H groups in total. The minimum atomic E-state index is -3.29. The molecule has 0 aromatic heterocycles. The molecule has 1 aromatic carbocycles. The molecule has 0 unspecified atom stereocenters. The number of nitrogens with one attached hydrogen (secondary N) is 1. The minimum Gasteiger partial charge on any atom is -0.350 e. The molecule has 0 spiro atoms. The molecule has 1 amide bonds. The molecule has 1 rings (SSSR count). The van der Waals surface area contributed by atoms with Crippen LogP contribution >= 0.6 is 0 Å². The molecule has 1 aromatic rings. The maximum atomic E-state index is 12.0. The van der Waals surface area contributed by atoms with Crippen molar-refractivity contribution in [2.24, 2.45) is 0 Å². The summed E-state index contributed by atoms with van der Waals surface area (Å²) in [4.78, 5) is 12.0. The van der Waals surface area contributed by atoms with Crippen molar-refractivity contribution in [3.63, 3.8) is 0 Å². The molecule has 0 heterocycles. The van der Waals surface area contributed by atoms with Crippen molar-refractivity contribution in [2.45, 2.75) is 40.2 Å². The fourth-order valence-corrected chi connectivity index (χ4v) is 3.03. The van der Waals surface area contributed by atoms with Gasteiger partial charge < -0.3 is 5.32 Å². The van der Waals surface area contributed by atoms with Crippen LogP contribution in [0.1, 0.15) is 44.5 Å². The van der Waals surface area contributed by atoms with Crippen molar-refractivity contribution in [2.75, 3.05) is 16.6 Å². The Morgan fingerprint density at radius 3 is 2.19 bits per heavy atom. The van der Waals surface area contributed by atoms with E-state index in [9.17, 15) is 13.2 Å². The van der Waals surface area contributed by atoms with E-state index in [4.69, 9.17) is 0 Å². The molecule has 0 radical (unpaired) electrons. The zero-order valence-corrected chi connectivity index (χ0v) is 13.9. The highest BCUT2D eigenvalue weighted by molar-refractivity contribution is 7.92. The van der Waals surface area contributed by atoms with E-state index >= 15 is 0 Å². The molecule has 0 saturated carbocycles. The van der Waals surface area contributed by atoms with E-state index in [0.29, 0.717) is 17.8 Å². The van der Waals surface area contributed by atoms with E-state index in [1.165, 1.54) is 4.31 Å². The molecule has 0 fully saturated rings. The topological polar surface area (TPSA) is 66.5 Å². The highest BCUT2D eigenvalue weighted by atomic mass is 32.2. The number of hydrogen-bond acceptors (Lipinski definition) is 3. The second-order valence-electron chi connectivity index (χ2n) is 4.89. The lowest BCUT2D eigenvalue weighted by Gasteiger charge is -2.22. The molecule has 118 valence electrons. The van der Waals surface area contributed by atoms with Gasteiger partial charge >= 0.3 is 0 Å². The normalized spacial score (nSPS) is 12.8. The van der Waals surface area contributed by atoms with Crippen molar-refractivity contribution in [1.29, 1.82) is 0 Å². The van der Waals surface area contributed by atoms with Crippen LogP contribution in [0.3, 0.4) is 0 Å². The number of carbonyl (C=O) groups is 1. The van der Waals surface area contributed by atoms with E-state index in [0.717, 1.165) is 6.42 Å². The van der Waals surface area contributed by atoms with E-state index < -0.39 is 10.0 Å². The van der Waals surface area contributed by atoms with Gasteiger partial charge in [-0.15, -0.1) is 0 Å². The van der Waals surface area contributed by atoms with Crippen LogP contribution in [-0.2, 0) is 10.0 Å². The number of hydrogen-bond donors (Lipinski definition) is 1. The van der Waals surface area contributed by atoms with E-state index in [1.54, 1.807) is 38.1 Å². The van der Waals surface area contributed by atoms with Gasteiger partial charge in [0.25, 0.3) is 5.91 Å². The molecule has 5 nitrogen and oxygen atoms in total. The summed E-state index contributed by atoms with van der Waals surface area (Å²) < 4.78 is 25.3. The molecular formula is C15H24N2O3S. The quantitative estimate of drug-likeness (QED) is 0.840. The Bertz CT molecular complexity index is 567. The molecule has 21 heavy (non-hydrogen) atoms. The first-order valence-electron chi connectivity index (χ1n) is 7.27. The Morgan fingerprint density at radius 2 is 1.76 bits per heavy atom. The third-order valence-corrected chi connectivity index (χ3v) is 5.27. The third-order valence-electron chi connectivity index (χ3n) is 3.40. The molecule has 0 aliphatic carbocycles. The molecule has 0 aliphatic heterocycles. The zero-order chi connectivity index (χ0) is 16.0. The zero-order valence-electron chi connectivity index (χ0n) is 13.1. The van der Waals surface area contributed by atoms with Crippen molar-refractivity contribution < 1.29 is 13.2 Å². The molecule has 0 bridgehead atoms. The van der Waals surface area contributed by atoms with Gasteiger partial charge in [-0.2, -0.15) is 0 Å². The van der Waals surface area contributed by atoms with Crippen LogP contribution < -0.4 is 9.62 Å². The minimum absolute atomic E-state index is 0.0527.